The van der Waals surface area contributed by atoms with Crippen LogP contribution in [0.4, 0.5) is 13.2 Å². The third-order valence-corrected chi connectivity index (χ3v) is 5.50. The molecule has 29 heavy (non-hydrogen) atoms. The second-order valence-corrected chi connectivity index (χ2v) is 7.88. The van der Waals surface area contributed by atoms with Gasteiger partial charge in [0.1, 0.15) is 0 Å². The van der Waals surface area contributed by atoms with Crippen molar-refractivity contribution in [2.45, 2.75) is 32.0 Å². The Morgan fingerprint density at radius 2 is 1.93 bits per heavy atom. The van der Waals surface area contributed by atoms with Crippen molar-refractivity contribution >= 4 is 22.9 Å². The molecule has 1 heterocycles. The van der Waals surface area contributed by atoms with Crippen molar-refractivity contribution in [1.82, 2.24) is 10.3 Å². The van der Waals surface area contributed by atoms with Gasteiger partial charge in [-0.05, 0) is 22.8 Å². The minimum Gasteiger partial charge on any atom is -0.357 e. The Labute approximate surface area is 165 Å². The molecule has 3 aromatic rings. The Kier molecular flexibility index (Phi) is 4.38. The highest BCUT2D eigenvalue weighted by molar-refractivity contribution is 6.20. The fraction of sp³-hybridized carbons (Fsp3) is 0.273. The Morgan fingerprint density at radius 1 is 1.17 bits per heavy atom. The number of carbonyl (C=O) groups excluding carboxylic acids is 1. The molecule has 0 unspecified atom stereocenters. The third-order valence-electron chi connectivity index (χ3n) is 5.50. The topological polar surface area (TPSA) is 68.7 Å². The van der Waals surface area contributed by atoms with Crippen molar-refractivity contribution in [1.29, 1.82) is 5.41 Å². The van der Waals surface area contributed by atoms with Gasteiger partial charge in [-0.25, -0.2) is 0 Å². The summed E-state index contributed by atoms with van der Waals surface area (Å²) < 4.78 is 37.2. The number of carbonyl (C=O) groups is 1. The van der Waals surface area contributed by atoms with Gasteiger partial charge in [0.05, 0.1) is 12.1 Å². The molecule has 0 saturated heterocycles. The molecule has 0 fully saturated rings. The molecule has 1 aliphatic carbocycles. The molecule has 4 nitrogen and oxygen atoms in total. The van der Waals surface area contributed by atoms with E-state index in [9.17, 15) is 18.0 Å². The Morgan fingerprint density at radius 3 is 2.62 bits per heavy atom. The number of aromatic amines is 1. The summed E-state index contributed by atoms with van der Waals surface area (Å²) in [4.78, 5) is 16.6. The highest BCUT2D eigenvalue weighted by atomic mass is 19.4. The van der Waals surface area contributed by atoms with Crippen molar-refractivity contribution < 1.29 is 18.0 Å². The quantitative estimate of drug-likeness (QED) is 0.557. The summed E-state index contributed by atoms with van der Waals surface area (Å²) in [5, 5.41) is 10.7. The molecule has 2 aromatic carbocycles. The Hall–Kier alpha value is -2.93. The molecule has 0 radical (unpaired) electrons. The molecule has 0 amide bonds. The molecule has 0 bridgehead atoms. The lowest BCUT2D eigenvalue weighted by Gasteiger charge is -2.32. The van der Waals surface area contributed by atoms with Crippen molar-refractivity contribution in [2.75, 3.05) is 6.54 Å². The van der Waals surface area contributed by atoms with Crippen LogP contribution in [0.15, 0.2) is 36.4 Å². The molecule has 3 N–H and O–H groups in total. The van der Waals surface area contributed by atoms with Crippen LogP contribution in [0, 0.1) is 5.41 Å². The maximum Gasteiger partial charge on any atom is 0.401 e. The number of ketones is 1. The highest BCUT2D eigenvalue weighted by Gasteiger charge is 2.39. The molecule has 0 saturated carbocycles. The first kappa shape index (κ1) is 19.4. The normalized spacial score (nSPS) is 15.3. The van der Waals surface area contributed by atoms with Gasteiger partial charge in [-0.3, -0.25) is 4.79 Å². The van der Waals surface area contributed by atoms with E-state index in [1.54, 1.807) is 18.2 Å². The fourth-order valence-electron chi connectivity index (χ4n) is 4.04. The highest BCUT2D eigenvalue weighted by Crippen LogP contribution is 2.43. The number of hydrogen-bond acceptors (Lipinski definition) is 3. The number of aromatic nitrogens is 1. The molecular formula is C22H20F3N3O. The van der Waals surface area contributed by atoms with Crippen LogP contribution in [-0.2, 0) is 12.0 Å². The van der Waals surface area contributed by atoms with Gasteiger partial charge >= 0.3 is 6.18 Å². The summed E-state index contributed by atoms with van der Waals surface area (Å²) in [6, 6.07) is 10.7. The molecular weight excluding hydrogens is 379 g/mol. The van der Waals surface area contributed by atoms with Crippen molar-refractivity contribution in [3.05, 3.63) is 69.9 Å². The van der Waals surface area contributed by atoms with E-state index in [4.69, 9.17) is 5.41 Å². The van der Waals surface area contributed by atoms with Crippen molar-refractivity contribution in [3.8, 4) is 0 Å². The summed E-state index contributed by atoms with van der Waals surface area (Å²) in [5.74, 6) is -0.0991. The van der Waals surface area contributed by atoms with Gasteiger partial charge in [0, 0.05) is 40.3 Å². The van der Waals surface area contributed by atoms with Crippen LogP contribution in [0.25, 0.3) is 10.9 Å². The molecule has 1 aliphatic rings. The van der Waals surface area contributed by atoms with Gasteiger partial charge < -0.3 is 15.7 Å². The molecule has 150 valence electrons. The van der Waals surface area contributed by atoms with Crippen molar-refractivity contribution in [3.63, 3.8) is 0 Å². The first-order chi connectivity index (χ1) is 13.6. The number of fused-ring (bicyclic) bond motifs is 4. The Bertz CT molecular complexity index is 1140. The zero-order valence-corrected chi connectivity index (χ0v) is 16.0. The predicted molar refractivity (Wildman–Crippen MR) is 106 cm³/mol. The van der Waals surface area contributed by atoms with E-state index in [-0.39, 0.29) is 12.3 Å². The lowest BCUT2D eigenvalue weighted by atomic mass is 9.71. The zero-order chi connectivity index (χ0) is 21.0. The van der Waals surface area contributed by atoms with Gasteiger partial charge in [-0.2, -0.15) is 13.2 Å². The maximum atomic E-state index is 13.3. The van der Waals surface area contributed by atoms with Gasteiger partial charge in [0.2, 0.25) is 0 Å². The average molecular weight is 399 g/mol. The Balaban J connectivity index is 1.77. The fourth-order valence-corrected chi connectivity index (χ4v) is 4.04. The van der Waals surface area contributed by atoms with E-state index >= 15 is 0 Å². The van der Waals surface area contributed by atoms with E-state index in [2.05, 4.69) is 10.3 Å². The molecule has 0 spiro atoms. The lowest BCUT2D eigenvalue weighted by Crippen LogP contribution is -2.31. The first-order valence-corrected chi connectivity index (χ1v) is 9.24. The molecule has 4 rings (SSSR count). The zero-order valence-electron chi connectivity index (χ0n) is 16.0. The summed E-state index contributed by atoms with van der Waals surface area (Å²) in [6.45, 7) is 3.00. The van der Waals surface area contributed by atoms with Crippen LogP contribution in [0.5, 0.6) is 0 Å². The second kappa shape index (κ2) is 6.56. The number of benzene rings is 2. The van der Waals surface area contributed by atoms with Gasteiger partial charge in [0.25, 0.3) is 0 Å². The van der Waals surface area contributed by atoms with Gasteiger partial charge in [0.15, 0.2) is 5.78 Å². The molecule has 7 heteroatoms. The molecule has 0 aliphatic heterocycles. The van der Waals surface area contributed by atoms with Crippen LogP contribution in [0.1, 0.15) is 52.2 Å². The van der Waals surface area contributed by atoms with E-state index in [1.807, 2.05) is 32.0 Å². The van der Waals surface area contributed by atoms with E-state index < -0.39 is 18.1 Å². The van der Waals surface area contributed by atoms with E-state index in [0.29, 0.717) is 16.7 Å². The largest absolute Gasteiger partial charge is 0.401 e. The summed E-state index contributed by atoms with van der Waals surface area (Å²) >= 11 is 0. The summed E-state index contributed by atoms with van der Waals surface area (Å²) in [7, 11) is 0. The van der Waals surface area contributed by atoms with Crippen LogP contribution in [0.2, 0.25) is 0 Å². The number of rotatable bonds is 4. The molecule has 0 atom stereocenters. The van der Waals surface area contributed by atoms with E-state index in [0.717, 1.165) is 27.7 Å². The number of nitrogens with one attached hydrogen (secondary N) is 3. The number of alkyl halides is 3. The third kappa shape index (κ3) is 3.25. The van der Waals surface area contributed by atoms with E-state index in [1.165, 1.54) is 6.21 Å². The predicted octanol–water partition coefficient (Wildman–Crippen LogP) is 4.69. The van der Waals surface area contributed by atoms with Crippen LogP contribution >= 0.6 is 0 Å². The average Bonchev–Trinajstić information content (AvgIpc) is 3.05. The molecule has 1 aromatic heterocycles. The van der Waals surface area contributed by atoms with Crippen molar-refractivity contribution in [2.24, 2.45) is 0 Å². The van der Waals surface area contributed by atoms with Crippen LogP contribution < -0.4 is 5.32 Å². The summed E-state index contributed by atoms with van der Waals surface area (Å²) in [6.07, 6.45) is -3.01. The first-order valence-electron chi connectivity index (χ1n) is 9.24. The number of hydrogen-bond donors (Lipinski definition) is 3. The number of H-pyrrole nitrogens is 1. The SMILES string of the molecule is CC1(C)c2cc(CNCC(F)(F)F)ccc2C(=O)c2c1[nH]c1cc(C=N)ccc21. The monoisotopic (exact) mass is 399 g/mol. The second-order valence-electron chi connectivity index (χ2n) is 7.88. The minimum absolute atomic E-state index is 0.0688. The standard InChI is InChI=1S/C22H20F3N3O/c1-21(2)16-7-13(10-27-11-22(23,24)25)4-5-14(16)19(29)18-15-6-3-12(9-26)8-17(15)28-20(18)21/h3-9,26-28H,10-11H2,1-2H3. The number of halogens is 3. The van der Waals surface area contributed by atoms with Crippen LogP contribution in [0.3, 0.4) is 0 Å². The summed E-state index contributed by atoms with van der Waals surface area (Å²) in [5.41, 5.74) is 4.46. The maximum absolute atomic E-state index is 13.3. The smallest absolute Gasteiger partial charge is 0.357 e. The van der Waals surface area contributed by atoms with Gasteiger partial charge in [-0.1, -0.05) is 44.2 Å². The lowest BCUT2D eigenvalue weighted by molar-refractivity contribution is -0.125. The minimum atomic E-state index is -4.27. The van der Waals surface area contributed by atoms with Crippen LogP contribution in [-0.4, -0.2) is 29.7 Å². The van der Waals surface area contributed by atoms with Gasteiger partial charge in [-0.15, -0.1) is 0 Å².